The summed E-state index contributed by atoms with van der Waals surface area (Å²) in [6, 6.07) is 16.6. The van der Waals surface area contributed by atoms with Crippen LogP contribution >= 0.6 is 24.0 Å². The Kier molecular flexibility index (Phi) is 7.36. The Labute approximate surface area is 165 Å². The number of hydrogen-bond donors (Lipinski definition) is 2. The second-order valence-corrected chi connectivity index (χ2v) is 5.71. The molecule has 0 spiro atoms. The van der Waals surface area contributed by atoms with Crippen LogP contribution in [0.15, 0.2) is 53.5 Å². The Morgan fingerprint density at radius 2 is 1.88 bits per heavy atom. The molecule has 2 aromatic rings. The second kappa shape index (κ2) is 9.50. The average molecular weight is 453 g/mol. The molecular formula is C19H24IN3O2. The Bertz CT molecular complexity index is 707. The summed E-state index contributed by atoms with van der Waals surface area (Å²) in [4.78, 5) is 4.29. The number of fused-ring (bicyclic) bond motifs is 1. The predicted molar refractivity (Wildman–Crippen MR) is 111 cm³/mol. The molecular weight excluding hydrogens is 429 g/mol. The Balaban J connectivity index is 0.00000225. The topological polar surface area (TPSA) is 54.9 Å². The van der Waals surface area contributed by atoms with Crippen molar-refractivity contribution in [3.05, 3.63) is 59.7 Å². The minimum atomic E-state index is 0. The van der Waals surface area contributed by atoms with Crippen molar-refractivity contribution < 1.29 is 9.47 Å². The van der Waals surface area contributed by atoms with Crippen LogP contribution in [0.25, 0.3) is 0 Å². The zero-order chi connectivity index (χ0) is 16.8. The fourth-order valence-corrected chi connectivity index (χ4v) is 2.65. The summed E-state index contributed by atoms with van der Waals surface area (Å²) in [6.45, 7) is 3.23. The quantitative estimate of drug-likeness (QED) is 0.414. The van der Waals surface area contributed by atoms with Gasteiger partial charge in [0.15, 0.2) is 17.5 Å². The zero-order valence-corrected chi connectivity index (χ0v) is 16.8. The first kappa shape index (κ1) is 19.4. The van der Waals surface area contributed by atoms with E-state index in [9.17, 15) is 0 Å². The van der Waals surface area contributed by atoms with Crippen molar-refractivity contribution in [3.8, 4) is 11.5 Å². The van der Waals surface area contributed by atoms with Gasteiger partial charge in [0.1, 0.15) is 0 Å². The maximum atomic E-state index is 5.41. The molecule has 0 aromatic heterocycles. The van der Waals surface area contributed by atoms with E-state index in [0.717, 1.165) is 30.4 Å². The van der Waals surface area contributed by atoms with Gasteiger partial charge in [-0.25, -0.2) is 0 Å². The van der Waals surface area contributed by atoms with Crippen LogP contribution in [0.3, 0.4) is 0 Å². The largest absolute Gasteiger partial charge is 0.454 e. The van der Waals surface area contributed by atoms with Crippen molar-refractivity contribution in [1.29, 1.82) is 0 Å². The molecule has 2 aromatic carbocycles. The van der Waals surface area contributed by atoms with E-state index in [0.29, 0.717) is 6.79 Å². The summed E-state index contributed by atoms with van der Waals surface area (Å²) < 4.78 is 10.7. The second-order valence-electron chi connectivity index (χ2n) is 5.71. The summed E-state index contributed by atoms with van der Waals surface area (Å²) in [5, 5.41) is 6.76. The van der Waals surface area contributed by atoms with E-state index in [1.165, 1.54) is 11.1 Å². The van der Waals surface area contributed by atoms with Gasteiger partial charge in [0.25, 0.3) is 0 Å². The molecule has 25 heavy (non-hydrogen) atoms. The molecule has 0 fully saturated rings. The maximum Gasteiger partial charge on any atom is 0.231 e. The van der Waals surface area contributed by atoms with Crippen LogP contribution in [0.1, 0.15) is 24.1 Å². The van der Waals surface area contributed by atoms with Crippen LogP contribution in [0.4, 0.5) is 0 Å². The molecule has 0 bridgehead atoms. The van der Waals surface area contributed by atoms with Crippen molar-refractivity contribution in [3.63, 3.8) is 0 Å². The summed E-state index contributed by atoms with van der Waals surface area (Å²) in [7, 11) is 1.79. The van der Waals surface area contributed by atoms with Crippen molar-refractivity contribution in [2.24, 2.45) is 4.99 Å². The third-order valence-corrected chi connectivity index (χ3v) is 4.02. The molecule has 1 aliphatic rings. The molecule has 3 rings (SSSR count). The van der Waals surface area contributed by atoms with Gasteiger partial charge in [-0.05, 0) is 36.6 Å². The monoisotopic (exact) mass is 453 g/mol. The SMILES string of the molecule is CN=C(NCCc1ccc2c(c1)OCO2)NC(C)c1ccccc1.I. The molecule has 134 valence electrons. The average Bonchev–Trinajstić information content (AvgIpc) is 3.09. The molecule has 0 radical (unpaired) electrons. The summed E-state index contributed by atoms with van der Waals surface area (Å²) >= 11 is 0. The van der Waals surface area contributed by atoms with E-state index in [-0.39, 0.29) is 30.0 Å². The van der Waals surface area contributed by atoms with Gasteiger partial charge >= 0.3 is 0 Å². The fraction of sp³-hybridized carbons (Fsp3) is 0.316. The standard InChI is InChI=1S/C19H23N3O2.HI/c1-14(16-6-4-3-5-7-16)22-19(20-2)21-11-10-15-8-9-17-18(12-15)24-13-23-17;/h3-9,12,14H,10-11,13H2,1-2H3,(H2,20,21,22);1H. The first-order valence-corrected chi connectivity index (χ1v) is 8.17. The summed E-state index contributed by atoms with van der Waals surface area (Å²) in [6.07, 6.45) is 0.886. The number of rotatable bonds is 5. The number of nitrogens with zero attached hydrogens (tertiary/aromatic N) is 1. The highest BCUT2D eigenvalue weighted by molar-refractivity contribution is 14.0. The lowest BCUT2D eigenvalue weighted by atomic mass is 10.1. The van der Waals surface area contributed by atoms with Gasteiger partial charge in [-0.1, -0.05) is 36.4 Å². The van der Waals surface area contributed by atoms with Crippen molar-refractivity contribution in [1.82, 2.24) is 10.6 Å². The number of guanidine groups is 1. The van der Waals surface area contributed by atoms with Crippen molar-refractivity contribution in [2.75, 3.05) is 20.4 Å². The number of halogens is 1. The molecule has 2 N–H and O–H groups in total. The molecule has 0 saturated heterocycles. The van der Waals surface area contributed by atoms with E-state index in [1.54, 1.807) is 7.05 Å². The van der Waals surface area contributed by atoms with E-state index >= 15 is 0 Å². The highest BCUT2D eigenvalue weighted by Gasteiger charge is 2.13. The molecule has 1 atom stereocenters. The molecule has 0 amide bonds. The number of aliphatic imine (C=N–C) groups is 1. The first-order valence-electron chi connectivity index (χ1n) is 8.17. The van der Waals surface area contributed by atoms with Crippen LogP contribution in [-0.4, -0.2) is 26.3 Å². The van der Waals surface area contributed by atoms with Gasteiger partial charge < -0.3 is 20.1 Å². The normalized spacial score (nSPS) is 13.8. The minimum Gasteiger partial charge on any atom is -0.454 e. The highest BCUT2D eigenvalue weighted by atomic mass is 127. The van der Waals surface area contributed by atoms with E-state index in [1.807, 2.05) is 30.3 Å². The van der Waals surface area contributed by atoms with Crippen LogP contribution in [0.2, 0.25) is 0 Å². The smallest absolute Gasteiger partial charge is 0.231 e. The van der Waals surface area contributed by atoms with Gasteiger partial charge in [0.05, 0.1) is 6.04 Å². The third kappa shape index (κ3) is 5.26. The predicted octanol–water partition coefficient (Wildman–Crippen LogP) is 3.50. The molecule has 1 heterocycles. The van der Waals surface area contributed by atoms with Crippen LogP contribution in [0.5, 0.6) is 11.5 Å². The van der Waals surface area contributed by atoms with Crippen LogP contribution < -0.4 is 20.1 Å². The zero-order valence-electron chi connectivity index (χ0n) is 14.5. The summed E-state index contributed by atoms with van der Waals surface area (Å²) in [5.41, 5.74) is 2.44. The number of ether oxygens (including phenoxy) is 2. The third-order valence-electron chi connectivity index (χ3n) is 4.02. The van der Waals surface area contributed by atoms with Gasteiger partial charge in [0.2, 0.25) is 6.79 Å². The fourth-order valence-electron chi connectivity index (χ4n) is 2.65. The lowest BCUT2D eigenvalue weighted by molar-refractivity contribution is 0.174. The number of nitrogens with one attached hydrogen (secondary N) is 2. The Morgan fingerprint density at radius 1 is 1.12 bits per heavy atom. The van der Waals surface area contributed by atoms with E-state index in [2.05, 4.69) is 40.7 Å². The maximum absolute atomic E-state index is 5.41. The highest BCUT2D eigenvalue weighted by Crippen LogP contribution is 2.32. The molecule has 0 saturated carbocycles. The number of hydrogen-bond acceptors (Lipinski definition) is 3. The summed E-state index contributed by atoms with van der Waals surface area (Å²) in [5.74, 6) is 2.45. The minimum absolute atomic E-state index is 0. The molecule has 6 heteroatoms. The van der Waals surface area contributed by atoms with Crippen molar-refractivity contribution >= 4 is 29.9 Å². The van der Waals surface area contributed by atoms with Gasteiger partial charge in [-0.15, -0.1) is 24.0 Å². The van der Waals surface area contributed by atoms with Gasteiger partial charge in [-0.2, -0.15) is 0 Å². The molecule has 1 aliphatic heterocycles. The Hall–Kier alpha value is -1.96. The van der Waals surface area contributed by atoms with Crippen molar-refractivity contribution in [2.45, 2.75) is 19.4 Å². The Morgan fingerprint density at radius 3 is 2.64 bits per heavy atom. The molecule has 5 nitrogen and oxygen atoms in total. The molecule has 0 aliphatic carbocycles. The van der Waals surface area contributed by atoms with Gasteiger partial charge in [-0.3, -0.25) is 4.99 Å². The van der Waals surface area contributed by atoms with Crippen LogP contribution in [0, 0.1) is 0 Å². The van der Waals surface area contributed by atoms with Gasteiger partial charge in [0, 0.05) is 13.6 Å². The first-order chi connectivity index (χ1) is 11.8. The lowest BCUT2D eigenvalue weighted by Gasteiger charge is -2.18. The van der Waals surface area contributed by atoms with E-state index < -0.39 is 0 Å². The van der Waals surface area contributed by atoms with E-state index in [4.69, 9.17) is 9.47 Å². The van der Waals surface area contributed by atoms with Crippen LogP contribution in [-0.2, 0) is 6.42 Å². The lowest BCUT2D eigenvalue weighted by Crippen LogP contribution is -2.39. The molecule has 1 unspecified atom stereocenters. The number of benzene rings is 2.